The molecule has 0 bridgehead atoms. The van der Waals surface area contributed by atoms with Crippen LogP contribution in [-0.4, -0.2) is 56.6 Å². The van der Waals surface area contributed by atoms with Crippen LogP contribution in [0.25, 0.3) is 22.2 Å². The van der Waals surface area contributed by atoms with Crippen molar-refractivity contribution in [2.75, 3.05) is 18.5 Å². The zero-order valence-corrected chi connectivity index (χ0v) is 24.2. The maximum atomic E-state index is 13.4. The molecule has 0 spiro atoms. The fourth-order valence-corrected chi connectivity index (χ4v) is 5.28. The summed E-state index contributed by atoms with van der Waals surface area (Å²) in [7, 11) is 0. The normalized spacial score (nSPS) is 16.8. The van der Waals surface area contributed by atoms with Crippen LogP contribution in [0.2, 0.25) is 0 Å². The predicted molar refractivity (Wildman–Crippen MR) is 158 cm³/mol. The summed E-state index contributed by atoms with van der Waals surface area (Å²) in [6.45, 7) is 7.92. The van der Waals surface area contributed by atoms with Gasteiger partial charge < -0.3 is 18.9 Å². The SMILES string of the molecule is CCOC(=O)[C@H]1C[C@H](n2cc(-c3ccccc3)c3c(NC(=O)OCc4ccccc4)ncnc32)CN1C(=O)C(C)(C)C. The molecule has 2 aromatic carbocycles. The number of likely N-dealkylation sites (tertiary alicyclic amines) is 1. The molecule has 10 heteroatoms. The van der Waals surface area contributed by atoms with Gasteiger partial charge in [-0.15, -0.1) is 0 Å². The van der Waals surface area contributed by atoms with Gasteiger partial charge in [0.25, 0.3) is 0 Å². The molecule has 0 unspecified atom stereocenters. The first-order valence-corrected chi connectivity index (χ1v) is 14.0. The van der Waals surface area contributed by atoms with E-state index in [0.717, 1.165) is 16.7 Å². The number of hydrogen-bond acceptors (Lipinski definition) is 7. The van der Waals surface area contributed by atoms with Crippen LogP contribution in [0.15, 0.2) is 73.2 Å². The van der Waals surface area contributed by atoms with E-state index in [-0.39, 0.29) is 25.2 Å². The van der Waals surface area contributed by atoms with Crippen LogP contribution in [0.3, 0.4) is 0 Å². The summed E-state index contributed by atoms with van der Waals surface area (Å²) in [6.07, 6.45) is 3.06. The van der Waals surface area contributed by atoms with Crippen LogP contribution >= 0.6 is 0 Å². The topological polar surface area (TPSA) is 116 Å². The van der Waals surface area contributed by atoms with Gasteiger partial charge >= 0.3 is 12.1 Å². The lowest BCUT2D eigenvalue weighted by molar-refractivity contribution is -0.155. The van der Waals surface area contributed by atoms with Crippen molar-refractivity contribution < 1.29 is 23.9 Å². The van der Waals surface area contributed by atoms with Gasteiger partial charge in [0, 0.05) is 30.1 Å². The zero-order chi connectivity index (χ0) is 29.9. The van der Waals surface area contributed by atoms with Crippen molar-refractivity contribution in [2.24, 2.45) is 5.41 Å². The van der Waals surface area contributed by atoms with Crippen molar-refractivity contribution >= 4 is 34.8 Å². The Hall–Kier alpha value is -4.73. The third-order valence-electron chi connectivity index (χ3n) is 7.26. The van der Waals surface area contributed by atoms with Gasteiger partial charge in [0.05, 0.1) is 18.0 Å². The first-order valence-electron chi connectivity index (χ1n) is 14.0. The van der Waals surface area contributed by atoms with E-state index in [1.165, 1.54) is 6.33 Å². The van der Waals surface area contributed by atoms with E-state index in [1.807, 2.05) is 92.2 Å². The quantitative estimate of drug-likeness (QED) is 0.288. The summed E-state index contributed by atoms with van der Waals surface area (Å²) in [6, 6.07) is 18.2. The van der Waals surface area contributed by atoms with Crippen molar-refractivity contribution in [3.8, 4) is 11.1 Å². The van der Waals surface area contributed by atoms with Crippen LogP contribution in [0.5, 0.6) is 0 Å². The molecule has 1 N–H and O–H groups in total. The van der Waals surface area contributed by atoms with Crippen LogP contribution in [-0.2, 0) is 25.7 Å². The summed E-state index contributed by atoms with van der Waals surface area (Å²) >= 11 is 0. The van der Waals surface area contributed by atoms with E-state index in [0.29, 0.717) is 29.8 Å². The van der Waals surface area contributed by atoms with Gasteiger partial charge in [0.1, 0.15) is 30.4 Å². The molecule has 0 saturated carbocycles. The Balaban J connectivity index is 1.52. The molecule has 2 atom stereocenters. The molecular weight excluding hydrogens is 534 g/mol. The van der Waals surface area contributed by atoms with Crippen molar-refractivity contribution in [1.29, 1.82) is 0 Å². The largest absolute Gasteiger partial charge is 0.464 e. The Kier molecular flexibility index (Phi) is 8.24. The zero-order valence-electron chi connectivity index (χ0n) is 24.2. The molecule has 0 aliphatic carbocycles. The van der Waals surface area contributed by atoms with E-state index in [4.69, 9.17) is 9.47 Å². The molecule has 10 nitrogen and oxygen atoms in total. The molecule has 1 saturated heterocycles. The fraction of sp³-hybridized carbons (Fsp3) is 0.344. The standard InChI is InChI=1S/C32H35N5O5/c1-5-41-29(38)25-16-23(17-37(25)30(39)32(2,3)4)36-18-24(22-14-10-7-11-15-22)26-27(33-20-34-28(26)36)35-31(40)42-19-21-12-8-6-9-13-21/h6-15,18,20,23,25H,5,16-17,19H2,1-4H3,(H,33,34,35,40)/t23-,25+/m0/s1. The number of anilines is 1. The van der Waals surface area contributed by atoms with E-state index in [1.54, 1.807) is 11.8 Å². The maximum Gasteiger partial charge on any atom is 0.413 e. The number of benzene rings is 2. The van der Waals surface area contributed by atoms with Crippen molar-refractivity contribution in [3.63, 3.8) is 0 Å². The number of nitrogens with one attached hydrogen (secondary N) is 1. The summed E-state index contributed by atoms with van der Waals surface area (Å²) in [4.78, 5) is 49.8. The molecule has 42 heavy (non-hydrogen) atoms. The lowest BCUT2D eigenvalue weighted by Crippen LogP contribution is -2.46. The Morgan fingerprint density at radius 2 is 1.67 bits per heavy atom. The Bertz CT molecular complexity index is 1580. The van der Waals surface area contributed by atoms with Crippen LogP contribution in [0.1, 0.15) is 45.7 Å². The molecule has 2 amide bonds. The molecule has 5 rings (SSSR count). The Labute approximate surface area is 244 Å². The minimum absolute atomic E-state index is 0.114. The Morgan fingerprint density at radius 3 is 2.33 bits per heavy atom. The van der Waals surface area contributed by atoms with Crippen LogP contribution < -0.4 is 5.32 Å². The molecule has 0 radical (unpaired) electrons. The van der Waals surface area contributed by atoms with Gasteiger partial charge in [-0.3, -0.25) is 10.1 Å². The van der Waals surface area contributed by atoms with Crippen molar-refractivity contribution in [2.45, 2.75) is 52.8 Å². The smallest absolute Gasteiger partial charge is 0.413 e. The number of esters is 1. The highest BCUT2D eigenvalue weighted by Crippen LogP contribution is 2.39. The fourth-order valence-electron chi connectivity index (χ4n) is 5.28. The van der Waals surface area contributed by atoms with Crippen LogP contribution in [0, 0.1) is 5.41 Å². The Morgan fingerprint density at radius 1 is 0.976 bits per heavy atom. The molecule has 3 heterocycles. The minimum atomic E-state index is -0.716. The number of fused-ring (bicyclic) bond motifs is 1. The monoisotopic (exact) mass is 569 g/mol. The molecule has 218 valence electrons. The van der Waals surface area contributed by atoms with Gasteiger partial charge in [-0.05, 0) is 18.1 Å². The van der Waals surface area contributed by atoms with E-state index >= 15 is 0 Å². The lowest BCUT2D eigenvalue weighted by Gasteiger charge is -2.29. The highest BCUT2D eigenvalue weighted by atomic mass is 16.5. The number of nitrogens with zero attached hydrogens (tertiary/aromatic N) is 4. The van der Waals surface area contributed by atoms with Crippen molar-refractivity contribution in [3.05, 3.63) is 78.8 Å². The van der Waals surface area contributed by atoms with Gasteiger partial charge in [0.15, 0.2) is 0 Å². The molecular formula is C32H35N5O5. The van der Waals surface area contributed by atoms with Gasteiger partial charge in [0.2, 0.25) is 5.91 Å². The second-order valence-corrected chi connectivity index (χ2v) is 11.3. The summed E-state index contributed by atoms with van der Waals surface area (Å²) in [5.74, 6) is -0.241. The maximum absolute atomic E-state index is 13.4. The summed E-state index contributed by atoms with van der Waals surface area (Å²) in [5, 5.41) is 3.43. The lowest BCUT2D eigenvalue weighted by atomic mass is 9.94. The van der Waals surface area contributed by atoms with Gasteiger partial charge in [-0.25, -0.2) is 19.6 Å². The average molecular weight is 570 g/mol. The van der Waals surface area contributed by atoms with E-state index in [9.17, 15) is 14.4 Å². The van der Waals surface area contributed by atoms with E-state index < -0.39 is 23.5 Å². The number of amides is 2. The number of ether oxygens (including phenoxy) is 2. The molecule has 1 fully saturated rings. The number of hydrogen-bond donors (Lipinski definition) is 1. The van der Waals surface area contributed by atoms with Crippen LogP contribution in [0.4, 0.5) is 10.6 Å². The number of carbonyl (C=O) groups excluding carboxylic acids is 3. The van der Waals surface area contributed by atoms with E-state index in [2.05, 4.69) is 15.3 Å². The molecule has 1 aliphatic heterocycles. The second-order valence-electron chi connectivity index (χ2n) is 11.3. The third kappa shape index (κ3) is 5.97. The van der Waals surface area contributed by atoms with Gasteiger partial charge in [-0.2, -0.15) is 0 Å². The number of carbonyl (C=O) groups is 3. The summed E-state index contributed by atoms with van der Waals surface area (Å²) < 4.78 is 12.8. The minimum Gasteiger partial charge on any atom is -0.464 e. The molecule has 1 aliphatic rings. The first kappa shape index (κ1) is 28.8. The van der Waals surface area contributed by atoms with Crippen molar-refractivity contribution in [1.82, 2.24) is 19.4 Å². The average Bonchev–Trinajstić information content (AvgIpc) is 3.59. The first-order chi connectivity index (χ1) is 20.2. The summed E-state index contributed by atoms with van der Waals surface area (Å²) in [5.41, 5.74) is 2.47. The predicted octanol–water partition coefficient (Wildman–Crippen LogP) is 5.60. The number of rotatable bonds is 7. The number of aromatic nitrogens is 3. The molecule has 4 aromatic rings. The third-order valence-corrected chi connectivity index (χ3v) is 7.26. The molecule has 2 aromatic heterocycles. The second kappa shape index (κ2) is 12.0. The highest BCUT2D eigenvalue weighted by molar-refractivity contribution is 6.05. The highest BCUT2D eigenvalue weighted by Gasteiger charge is 2.44. The van der Waals surface area contributed by atoms with Gasteiger partial charge in [-0.1, -0.05) is 81.4 Å².